The maximum absolute atomic E-state index is 9.37. The topological polar surface area (TPSA) is 33.1 Å². The van der Waals surface area contributed by atoms with Gasteiger partial charge in [-0.3, -0.25) is 0 Å². The minimum atomic E-state index is -0.0627. The molecule has 2 nitrogen and oxygen atoms in total. The average Bonchev–Trinajstić information content (AvgIpc) is 2.27. The van der Waals surface area contributed by atoms with Crippen molar-refractivity contribution in [2.75, 3.05) is 0 Å². The molecule has 0 atom stereocenters. The SMILES string of the molecule is Cc1cc(C)nc(Sc2cccc(Cl)c2CO)c1. The number of benzene rings is 1. The second-order valence-electron chi connectivity index (χ2n) is 4.10. The molecule has 0 saturated heterocycles. The summed E-state index contributed by atoms with van der Waals surface area (Å²) in [5, 5.41) is 10.9. The van der Waals surface area contributed by atoms with Crippen LogP contribution < -0.4 is 0 Å². The van der Waals surface area contributed by atoms with E-state index in [0.717, 1.165) is 21.2 Å². The Labute approximate surface area is 116 Å². The van der Waals surface area contributed by atoms with E-state index in [1.807, 2.05) is 38.1 Å². The molecule has 0 aliphatic carbocycles. The largest absolute Gasteiger partial charge is 0.392 e. The van der Waals surface area contributed by atoms with Crippen molar-refractivity contribution in [3.05, 3.63) is 52.2 Å². The van der Waals surface area contributed by atoms with Gasteiger partial charge in [0.05, 0.1) is 6.61 Å². The molecule has 0 saturated carbocycles. The fourth-order valence-corrected chi connectivity index (χ4v) is 3.15. The number of aromatic nitrogens is 1. The van der Waals surface area contributed by atoms with Crippen LogP contribution in [0.4, 0.5) is 0 Å². The zero-order chi connectivity index (χ0) is 13.1. The van der Waals surface area contributed by atoms with Crippen molar-refractivity contribution in [3.8, 4) is 0 Å². The number of halogens is 1. The van der Waals surface area contributed by atoms with Crippen LogP contribution in [-0.4, -0.2) is 10.1 Å². The van der Waals surface area contributed by atoms with Crippen molar-refractivity contribution in [1.29, 1.82) is 0 Å². The van der Waals surface area contributed by atoms with E-state index in [-0.39, 0.29) is 6.61 Å². The third-order valence-electron chi connectivity index (χ3n) is 2.52. The molecule has 0 unspecified atom stereocenters. The van der Waals surface area contributed by atoms with E-state index in [1.54, 1.807) is 6.07 Å². The van der Waals surface area contributed by atoms with Gasteiger partial charge < -0.3 is 5.11 Å². The third-order valence-corrected chi connectivity index (χ3v) is 3.90. The van der Waals surface area contributed by atoms with E-state index in [9.17, 15) is 5.11 Å². The van der Waals surface area contributed by atoms with Crippen LogP contribution in [0.25, 0.3) is 0 Å². The molecule has 18 heavy (non-hydrogen) atoms. The molecule has 1 heterocycles. The first-order valence-corrected chi connectivity index (χ1v) is 6.81. The lowest BCUT2D eigenvalue weighted by Crippen LogP contribution is -1.91. The van der Waals surface area contributed by atoms with Gasteiger partial charge in [0, 0.05) is 21.2 Å². The number of nitrogens with zero attached hydrogens (tertiary/aromatic N) is 1. The molecule has 94 valence electrons. The molecule has 2 aromatic rings. The zero-order valence-electron chi connectivity index (χ0n) is 10.3. The average molecular weight is 280 g/mol. The lowest BCUT2D eigenvalue weighted by Gasteiger charge is -2.09. The third kappa shape index (κ3) is 3.05. The molecule has 0 fully saturated rings. The first-order valence-electron chi connectivity index (χ1n) is 5.61. The minimum Gasteiger partial charge on any atom is -0.392 e. The second-order valence-corrected chi connectivity index (χ2v) is 5.57. The van der Waals surface area contributed by atoms with Crippen molar-refractivity contribution in [3.63, 3.8) is 0 Å². The summed E-state index contributed by atoms with van der Waals surface area (Å²) >= 11 is 7.59. The normalized spacial score (nSPS) is 10.7. The Morgan fingerprint density at radius 2 is 2.06 bits per heavy atom. The summed E-state index contributed by atoms with van der Waals surface area (Å²) in [6.07, 6.45) is 0. The van der Waals surface area contributed by atoms with Gasteiger partial charge in [-0.2, -0.15) is 0 Å². The number of pyridine rings is 1. The van der Waals surface area contributed by atoms with E-state index in [0.29, 0.717) is 5.02 Å². The van der Waals surface area contributed by atoms with Crippen LogP contribution in [0, 0.1) is 13.8 Å². The van der Waals surface area contributed by atoms with E-state index in [1.165, 1.54) is 17.3 Å². The number of rotatable bonds is 3. The van der Waals surface area contributed by atoms with E-state index in [2.05, 4.69) is 4.98 Å². The van der Waals surface area contributed by atoms with Crippen LogP contribution in [0.2, 0.25) is 5.02 Å². The highest BCUT2D eigenvalue weighted by Gasteiger charge is 2.08. The Morgan fingerprint density at radius 1 is 1.28 bits per heavy atom. The van der Waals surface area contributed by atoms with Gasteiger partial charge in [-0.1, -0.05) is 29.4 Å². The second kappa shape index (κ2) is 5.74. The van der Waals surface area contributed by atoms with Gasteiger partial charge in [0.25, 0.3) is 0 Å². The molecular formula is C14H14ClNOS. The summed E-state index contributed by atoms with van der Waals surface area (Å²) in [6, 6.07) is 9.68. The van der Waals surface area contributed by atoms with Gasteiger partial charge in [0.15, 0.2) is 0 Å². The van der Waals surface area contributed by atoms with E-state index >= 15 is 0 Å². The molecular weight excluding hydrogens is 266 g/mol. The molecule has 0 radical (unpaired) electrons. The maximum Gasteiger partial charge on any atom is 0.101 e. The Balaban J connectivity index is 2.36. The van der Waals surface area contributed by atoms with Gasteiger partial charge in [0.2, 0.25) is 0 Å². The minimum absolute atomic E-state index is 0.0627. The Kier molecular flexibility index (Phi) is 4.27. The molecule has 0 amide bonds. The van der Waals surface area contributed by atoms with Gasteiger partial charge in [0.1, 0.15) is 5.03 Å². The molecule has 0 spiro atoms. The molecule has 0 aliphatic heterocycles. The van der Waals surface area contributed by atoms with E-state index < -0.39 is 0 Å². The first kappa shape index (κ1) is 13.4. The molecule has 0 aliphatic rings. The number of hydrogen-bond acceptors (Lipinski definition) is 3. The Hall–Kier alpha value is -1.03. The highest BCUT2D eigenvalue weighted by atomic mass is 35.5. The van der Waals surface area contributed by atoms with Gasteiger partial charge in [-0.05, 0) is 43.7 Å². The molecule has 1 aromatic heterocycles. The van der Waals surface area contributed by atoms with Crippen LogP contribution in [0.3, 0.4) is 0 Å². The van der Waals surface area contributed by atoms with Gasteiger partial charge in [-0.15, -0.1) is 0 Å². The number of aryl methyl sites for hydroxylation is 2. The van der Waals surface area contributed by atoms with Crippen LogP contribution in [0.5, 0.6) is 0 Å². The number of hydrogen-bond donors (Lipinski definition) is 1. The summed E-state index contributed by atoms with van der Waals surface area (Å²) in [5.41, 5.74) is 2.92. The smallest absolute Gasteiger partial charge is 0.101 e. The molecule has 0 bridgehead atoms. The summed E-state index contributed by atoms with van der Waals surface area (Å²) in [6.45, 7) is 3.96. The van der Waals surface area contributed by atoms with Crippen LogP contribution >= 0.6 is 23.4 Å². The van der Waals surface area contributed by atoms with Crippen molar-refractivity contribution >= 4 is 23.4 Å². The van der Waals surface area contributed by atoms with Crippen molar-refractivity contribution in [2.24, 2.45) is 0 Å². The fourth-order valence-electron chi connectivity index (χ4n) is 1.76. The van der Waals surface area contributed by atoms with E-state index in [4.69, 9.17) is 11.6 Å². The van der Waals surface area contributed by atoms with Crippen LogP contribution in [-0.2, 0) is 6.61 Å². The number of aliphatic hydroxyl groups is 1. The molecule has 4 heteroatoms. The standard InChI is InChI=1S/C14H14ClNOS/c1-9-6-10(2)16-14(7-9)18-13-5-3-4-12(15)11(13)8-17/h3-7,17H,8H2,1-2H3. The monoisotopic (exact) mass is 279 g/mol. The molecule has 2 rings (SSSR count). The lowest BCUT2D eigenvalue weighted by atomic mass is 10.2. The predicted molar refractivity (Wildman–Crippen MR) is 75.2 cm³/mol. The quantitative estimate of drug-likeness (QED) is 0.922. The summed E-state index contributed by atoms with van der Waals surface area (Å²) < 4.78 is 0. The summed E-state index contributed by atoms with van der Waals surface area (Å²) in [4.78, 5) is 5.42. The van der Waals surface area contributed by atoms with Crippen molar-refractivity contribution < 1.29 is 5.11 Å². The lowest BCUT2D eigenvalue weighted by molar-refractivity contribution is 0.279. The zero-order valence-corrected chi connectivity index (χ0v) is 11.8. The summed E-state index contributed by atoms with van der Waals surface area (Å²) in [7, 11) is 0. The van der Waals surface area contributed by atoms with Crippen LogP contribution in [0.1, 0.15) is 16.8 Å². The predicted octanol–water partition coefficient (Wildman–Crippen LogP) is 4.00. The maximum atomic E-state index is 9.37. The van der Waals surface area contributed by atoms with Crippen LogP contribution in [0.15, 0.2) is 40.3 Å². The fraction of sp³-hybridized carbons (Fsp3) is 0.214. The Bertz CT molecular complexity index is 551. The van der Waals surface area contributed by atoms with Gasteiger partial charge >= 0.3 is 0 Å². The summed E-state index contributed by atoms with van der Waals surface area (Å²) in [5.74, 6) is 0. The van der Waals surface area contributed by atoms with Crippen molar-refractivity contribution in [1.82, 2.24) is 4.98 Å². The first-order chi connectivity index (χ1) is 8.60. The van der Waals surface area contributed by atoms with Crippen molar-refractivity contribution in [2.45, 2.75) is 30.4 Å². The van der Waals surface area contributed by atoms with Gasteiger partial charge in [-0.25, -0.2) is 4.98 Å². The highest BCUT2D eigenvalue weighted by molar-refractivity contribution is 7.99. The highest BCUT2D eigenvalue weighted by Crippen LogP contribution is 2.33. The number of aliphatic hydroxyl groups excluding tert-OH is 1. The molecule has 1 aromatic carbocycles. The molecule has 1 N–H and O–H groups in total. The Morgan fingerprint density at radius 3 is 2.72 bits per heavy atom.